The second kappa shape index (κ2) is 4.57. The minimum absolute atomic E-state index is 0.0255. The highest BCUT2D eigenvalue weighted by molar-refractivity contribution is 6.05. The first-order valence-electron chi connectivity index (χ1n) is 4.27. The maximum absolute atomic E-state index is 11.2. The van der Waals surface area contributed by atoms with Gasteiger partial charge in [0.15, 0.2) is 0 Å². The Morgan fingerprint density at radius 3 is 2.73 bits per heavy atom. The highest BCUT2D eigenvalue weighted by atomic mass is 16.4. The number of imide groups is 1. The summed E-state index contributed by atoms with van der Waals surface area (Å²) in [5.41, 5.74) is 0. The van der Waals surface area contributed by atoms with Crippen molar-refractivity contribution >= 4 is 17.8 Å². The van der Waals surface area contributed by atoms with Crippen molar-refractivity contribution in [3.05, 3.63) is 0 Å². The van der Waals surface area contributed by atoms with Crippen molar-refractivity contribution in [2.24, 2.45) is 0 Å². The molecule has 1 rings (SSSR count). The molecule has 0 bridgehead atoms. The van der Waals surface area contributed by atoms with Crippen LogP contribution in [0.2, 0.25) is 0 Å². The van der Waals surface area contributed by atoms with Gasteiger partial charge in [-0.3, -0.25) is 24.6 Å². The van der Waals surface area contributed by atoms with Gasteiger partial charge in [-0.25, -0.2) is 0 Å². The summed E-state index contributed by atoms with van der Waals surface area (Å²) >= 11 is 0. The van der Waals surface area contributed by atoms with Gasteiger partial charge >= 0.3 is 5.97 Å². The zero-order chi connectivity index (χ0) is 11.4. The number of nitrogens with one attached hydrogen (secondary N) is 1. The number of carbonyl (C=O) groups is 3. The Morgan fingerprint density at radius 1 is 1.67 bits per heavy atom. The van der Waals surface area contributed by atoms with Crippen molar-refractivity contribution in [2.45, 2.75) is 12.5 Å². The molecular weight excluding hydrogens is 200 g/mol. The molecule has 0 aromatic carbocycles. The smallest absolute Gasteiger partial charge is 0.317 e. The molecule has 0 saturated carbocycles. The predicted octanol–water partition coefficient (Wildman–Crippen LogP) is -1.58. The number of aliphatic carboxylic acids is 1. The van der Waals surface area contributed by atoms with Crippen molar-refractivity contribution in [3.8, 4) is 12.3 Å². The number of hydrogen-bond donors (Lipinski definition) is 2. The molecule has 1 aliphatic heterocycles. The fraction of sp³-hybridized carbons (Fsp3) is 0.444. The quantitative estimate of drug-likeness (QED) is 0.432. The second-order valence-corrected chi connectivity index (χ2v) is 3.14. The predicted molar refractivity (Wildman–Crippen MR) is 49.6 cm³/mol. The van der Waals surface area contributed by atoms with Crippen molar-refractivity contribution in [3.63, 3.8) is 0 Å². The van der Waals surface area contributed by atoms with Crippen LogP contribution >= 0.6 is 0 Å². The van der Waals surface area contributed by atoms with Crippen LogP contribution in [0.3, 0.4) is 0 Å². The van der Waals surface area contributed by atoms with E-state index in [1.165, 1.54) is 4.90 Å². The van der Waals surface area contributed by atoms with Gasteiger partial charge in [0, 0.05) is 0 Å². The SMILES string of the molecule is C#CCN(CC(=O)O)C1CC(=O)NC1=O. The fourth-order valence-electron chi connectivity index (χ4n) is 1.40. The Balaban J connectivity index is 2.71. The van der Waals surface area contributed by atoms with Crippen molar-refractivity contribution in [1.82, 2.24) is 10.2 Å². The summed E-state index contributed by atoms with van der Waals surface area (Å²) in [4.78, 5) is 33.9. The summed E-state index contributed by atoms with van der Waals surface area (Å²) in [5, 5.41) is 10.7. The van der Waals surface area contributed by atoms with Crippen LogP contribution in [0.1, 0.15) is 6.42 Å². The molecule has 1 saturated heterocycles. The van der Waals surface area contributed by atoms with E-state index in [0.29, 0.717) is 0 Å². The Morgan fingerprint density at radius 2 is 2.33 bits per heavy atom. The Hall–Kier alpha value is -1.87. The van der Waals surface area contributed by atoms with Gasteiger partial charge in [0.25, 0.3) is 0 Å². The molecule has 0 aliphatic carbocycles. The minimum Gasteiger partial charge on any atom is -0.480 e. The van der Waals surface area contributed by atoms with E-state index in [2.05, 4.69) is 11.2 Å². The molecule has 0 aromatic heterocycles. The van der Waals surface area contributed by atoms with E-state index >= 15 is 0 Å². The third kappa shape index (κ3) is 2.79. The number of hydrogen-bond acceptors (Lipinski definition) is 4. The van der Waals surface area contributed by atoms with Crippen LogP contribution in [-0.4, -0.2) is 46.9 Å². The maximum Gasteiger partial charge on any atom is 0.317 e. The van der Waals surface area contributed by atoms with Crippen LogP contribution in [0.5, 0.6) is 0 Å². The number of amides is 2. The highest BCUT2D eigenvalue weighted by Crippen LogP contribution is 2.10. The average Bonchev–Trinajstić information content (AvgIpc) is 2.44. The molecule has 1 unspecified atom stereocenters. The monoisotopic (exact) mass is 210 g/mol. The van der Waals surface area contributed by atoms with Gasteiger partial charge in [-0.05, 0) is 0 Å². The van der Waals surface area contributed by atoms with Crippen LogP contribution in [0.15, 0.2) is 0 Å². The van der Waals surface area contributed by atoms with Gasteiger partial charge in [-0.2, -0.15) is 0 Å². The Bertz CT molecular complexity index is 345. The third-order valence-corrected chi connectivity index (χ3v) is 2.02. The summed E-state index contributed by atoms with van der Waals surface area (Å²) in [6.45, 7) is -0.326. The number of terminal acetylenes is 1. The van der Waals surface area contributed by atoms with E-state index < -0.39 is 23.8 Å². The van der Waals surface area contributed by atoms with Gasteiger partial charge in [-0.15, -0.1) is 6.42 Å². The number of carbonyl (C=O) groups excluding carboxylic acids is 2. The van der Waals surface area contributed by atoms with E-state index in [0.717, 1.165) is 0 Å². The Labute approximate surface area is 86.2 Å². The van der Waals surface area contributed by atoms with Crippen LogP contribution in [-0.2, 0) is 14.4 Å². The number of nitrogens with zero attached hydrogens (tertiary/aromatic N) is 1. The molecule has 6 nitrogen and oxygen atoms in total. The van der Waals surface area contributed by atoms with E-state index in [-0.39, 0.29) is 19.5 Å². The highest BCUT2D eigenvalue weighted by Gasteiger charge is 2.35. The lowest BCUT2D eigenvalue weighted by atomic mass is 10.2. The van der Waals surface area contributed by atoms with Crippen molar-refractivity contribution < 1.29 is 19.5 Å². The first kappa shape index (κ1) is 11.2. The van der Waals surface area contributed by atoms with Crippen LogP contribution in [0.4, 0.5) is 0 Å². The lowest BCUT2D eigenvalue weighted by Crippen LogP contribution is -2.43. The number of carboxylic acids is 1. The summed E-state index contributed by atoms with van der Waals surface area (Å²) < 4.78 is 0. The first-order chi connectivity index (χ1) is 7.04. The first-order valence-corrected chi connectivity index (χ1v) is 4.27. The molecule has 1 atom stereocenters. The Kier molecular flexibility index (Phi) is 3.42. The van der Waals surface area contributed by atoms with Gasteiger partial charge in [0.1, 0.15) is 0 Å². The lowest BCUT2D eigenvalue weighted by Gasteiger charge is -2.21. The molecule has 1 heterocycles. The van der Waals surface area contributed by atoms with E-state index in [1.807, 2.05) is 0 Å². The van der Waals surface area contributed by atoms with Crippen LogP contribution < -0.4 is 5.32 Å². The molecule has 0 aromatic rings. The molecule has 0 spiro atoms. The van der Waals surface area contributed by atoms with Crippen molar-refractivity contribution in [2.75, 3.05) is 13.1 Å². The van der Waals surface area contributed by atoms with Crippen molar-refractivity contribution in [1.29, 1.82) is 0 Å². The summed E-state index contributed by atoms with van der Waals surface area (Å²) in [7, 11) is 0. The summed E-state index contributed by atoms with van der Waals surface area (Å²) in [6, 6.07) is -0.760. The van der Waals surface area contributed by atoms with Gasteiger partial charge in [0.05, 0.1) is 25.6 Å². The molecule has 1 aliphatic rings. The molecule has 1 fully saturated rings. The molecule has 2 N–H and O–H groups in total. The number of carboxylic acid groups (broad SMARTS) is 1. The minimum atomic E-state index is -1.09. The molecule has 2 amide bonds. The van der Waals surface area contributed by atoms with E-state index in [9.17, 15) is 14.4 Å². The normalized spacial score (nSPS) is 20.1. The second-order valence-electron chi connectivity index (χ2n) is 3.14. The molecule has 6 heteroatoms. The maximum atomic E-state index is 11.2. The standard InChI is InChI=1S/C9H10N2O4/c1-2-3-11(5-8(13)14)6-4-7(12)10-9(6)15/h1,6H,3-5H2,(H,13,14)(H,10,12,15). The van der Waals surface area contributed by atoms with Gasteiger partial charge in [-0.1, -0.05) is 5.92 Å². The summed E-state index contributed by atoms with van der Waals surface area (Å²) in [5.74, 6) is 0.276. The van der Waals surface area contributed by atoms with E-state index in [4.69, 9.17) is 11.5 Å². The topological polar surface area (TPSA) is 86.7 Å². The average molecular weight is 210 g/mol. The molecular formula is C9H10N2O4. The van der Waals surface area contributed by atoms with Gasteiger partial charge < -0.3 is 5.11 Å². The summed E-state index contributed by atoms with van der Waals surface area (Å²) in [6.07, 6.45) is 5.02. The molecule has 80 valence electrons. The largest absolute Gasteiger partial charge is 0.480 e. The lowest BCUT2D eigenvalue weighted by molar-refractivity contribution is -0.139. The molecule has 15 heavy (non-hydrogen) atoms. The number of rotatable bonds is 4. The zero-order valence-corrected chi connectivity index (χ0v) is 7.90. The zero-order valence-electron chi connectivity index (χ0n) is 7.90. The van der Waals surface area contributed by atoms with Gasteiger partial charge in [0.2, 0.25) is 11.8 Å². The van der Waals surface area contributed by atoms with Crippen LogP contribution in [0.25, 0.3) is 0 Å². The third-order valence-electron chi connectivity index (χ3n) is 2.02. The van der Waals surface area contributed by atoms with Crippen LogP contribution in [0, 0.1) is 12.3 Å². The fourth-order valence-corrected chi connectivity index (χ4v) is 1.40. The molecule has 0 radical (unpaired) electrons. The van der Waals surface area contributed by atoms with E-state index in [1.54, 1.807) is 0 Å².